The molecule has 1 aromatic carbocycles. The number of nitrogens with one attached hydrogen (secondary N) is 3. The molecule has 2 aromatic heterocycles. The van der Waals surface area contributed by atoms with Gasteiger partial charge in [0.1, 0.15) is 6.23 Å². The van der Waals surface area contributed by atoms with Crippen LogP contribution in [0.15, 0.2) is 42.1 Å². The molecule has 1 aliphatic heterocycles. The number of hydrogen-bond donors (Lipinski definition) is 4. The van der Waals surface area contributed by atoms with Crippen LogP contribution in [0.25, 0.3) is 23.0 Å². The Kier molecular flexibility index (Phi) is 4.86. The van der Waals surface area contributed by atoms with E-state index in [0.29, 0.717) is 34.3 Å². The van der Waals surface area contributed by atoms with Crippen molar-refractivity contribution in [3.05, 3.63) is 47.8 Å². The Labute approximate surface area is 184 Å². The lowest BCUT2D eigenvalue weighted by Gasteiger charge is -2.11. The van der Waals surface area contributed by atoms with Crippen LogP contribution in [0.3, 0.4) is 0 Å². The Morgan fingerprint density at radius 1 is 1.28 bits per heavy atom. The van der Waals surface area contributed by atoms with E-state index < -0.39 is 16.3 Å². The fraction of sp³-hybridized carbons (Fsp3) is 0.286. The van der Waals surface area contributed by atoms with E-state index in [-0.39, 0.29) is 12.3 Å². The molecule has 0 bridgehead atoms. The normalized spacial score (nSPS) is 20.0. The number of nitrogens with zero attached hydrogens (tertiary/aromatic N) is 3. The Hall–Kier alpha value is -3.44. The van der Waals surface area contributed by atoms with Crippen LogP contribution < -0.4 is 15.4 Å². The molecule has 32 heavy (non-hydrogen) atoms. The molecule has 2 aliphatic rings. The van der Waals surface area contributed by atoms with Crippen molar-refractivity contribution in [1.82, 2.24) is 19.9 Å². The van der Waals surface area contributed by atoms with Crippen LogP contribution in [0.4, 0.5) is 11.4 Å². The van der Waals surface area contributed by atoms with Crippen molar-refractivity contribution in [3.63, 3.8) is 0 Å². The molecule has 1 saturated carbocycles. The maximum atomic E-state index is 11.6. The van der Waals surface area contributed by atoms with Gasteiger partial charge in [0.25, 0.3) is 0 Å². The number of amides is 1. The van der Waals surface area contributed by atoms with E-state index in [2.05, 4.69) is 20.3 Å². The second-order valence-electron chi connectivity index (χ2n) is 8.10. The number of sulfonamides is 1. The zero-order valence-electron chi connectivity index (χ0n) is 17.2. The molecule has 0 spiro atoms. The number of rotatable bonds is 6. The van der Waals surface area contributed by atoms with Crippen molar-refractivity contribution in [2.24, 2.45) is 0 Å². The zero-order valence-corrected chi connectivity index (χ0v) is 18.1. The van der Waals surface area contributed by atoms with Gasteiger partial charge < -0.3 is 15.7 Å². The number of hydrogen-bond acceptors (Lipinski definition) is 7. The third kappa shape index (κ3) is 4.30. The number of benzene rings is 1. The third-order valence-corrected chi connectivity index (χ3v) is 5.85. The standard InChI is InChI=1S/C21H22N6O4S/c1-32(30,31)26-15-4-2-3-12(7-15)17-10-18(23-14-5-6-14)20-22-11-16(27(20)25-17)8-13-9-19(28)24-21(13)29/h2-4,7-8,10-11,14,21,23,26,29H,5-6,9H2,1H3,(H,24,28)/b13-8+. The fourth-order valence-electron chi connectivity index (χ4n) is 3.63. The highest BCUT2D eigenvalue weighted by Gasteiger charge is 2.26. The van der Waals surface area contributed by atoms with Crippen molar-refractivity contribution >= 4 is 39.0 Å². The van der Waals surface area contributed by atoms with E-state index in [9.17, 15) is 18.3 Å². The van der Waals surface area contributed by atoms with Crippen LogP contribution in [-0.4, -0.2) is 52.6 Å². The average Bonchev–Trinajstić information content (AvgIpc) is 3.35. The first kappa shape index (κ1) is 20.5. The third-order valence-electron chi connectivity index (χ3n) is 5.24. The molecule has 5 rings (SSSR count). The van der Waals surface area contributed by atoms with Gasteiger partial charge in [0.15, 0.2) is 5.65 Å². The molecule has 3 heterocycles. The highest BCUT2D eigenvalue weighted by atomic mass is 32.2. The summed E-state index contributed by atoms with van der Waals surface area (Å²) in [5.74, 6) is -0.238. The number of carbonyl (C=O) groups excluding carboxylic acids is 1. The number of aliphatic hydroxyl groups is 1. The predicted octanol–water partition coefficient (Wildman–Crippen LogP) is 1.56. The summed E-state index contributed by atoms with van der Waals surface area (Å²) >= 11 is 0. The van der Waals surface area contributed by atoms with Gasteiger partial charge in [-0.3, -0.25) is 9.52 Å². The molecule has 166 valence electrons. The van der Waals surface area contributed by atoms with Crippen LogP contribution >= 0.6 is 0 Å². The van der Waals surface area contributed by atoms with Gasteiger partial charge in [0.2, 0.25) is 15.9 Å². The summed E-state index contributed by atoms with van der Waals surface area (Å²) in [6.07, 6.45) is 5.70. The highest BCUT2D eigenvalue weighted by molar-refractivity contribution is 7.92. The lowest BCUT2D eigenvalue weighted by atomic mass is 10.1. The lowest BCUT2D eigenvalue weighted by Crippen LogP contribution is -2.25. The number of aromatic nitrogens is 3. The fourth-order valence-corrected chi connectivity index (χ4v) is 4.19. The van der Waals surface area contributed by atoms with E-state index in [1.54, 1.807) is 35.0 Å². The van der Waals surface area contributed by atoms with Gasteiger partial charge in [0.05, 0.1) is 35.9 Å². The molecular formula is C21H22N6O4S. The largest absolute Gasteiger partial charge is 0.379 e. The summed E-state index contributed by atoms with van der Waals surface area (Å²) in [4.78, 5) is 16.1. The molecule has 3 aromatic rings. The summed E-state index contributed by atoms with van der Waals surface area (Å²) in [5, 5.41) is 20.7. The predicted molar refractivity (Wildman–Crippen MR) is 120 cm³/mol. The van der Waals surface area contributed by atoms with Crippen LogP contribution in [0.5, 0.6) is 0 Å². The quantitative estimate of drug-likeness (QED) is 0.443. The molecule has 10 nitrogen and oxygen atoms in total. The maximum Gasteiger partial charge on any atom is 0.229 e. The minimum absolute atomic E-state index is 0.112. The monoisotopic (exact) mass is 454 g/mol. The summed E-state index contributed by atoms with van der Waals surface area (Å²) in [7, 11) is -3.41. The van der Waals surface area contributed by atoms with Crippen molar-refractivity contribution in [1.29, 1.82) is 0 Å². The molecular weight excluding hydrogens is 432 g/mol. The number of carbonyl (C=O) groups is 1. The summed E-state index contributed by atoms with van der Waals surface area (Å²) in [6.45, 7) is 0. The first-order valence-electron chi connectivity index (χ1n) is 10.2. The Bertz CT molecular complexity index is 1360. The van der Waals surface area contributed by atoms with Crippen molar-refractivity contribution in [2.75, 3.05) is 16.3 Å². The SMILES string of the molecule is CS(=O)(=O)Nc1cccc(-c2cc(NC3CC3)c3ncc(/C=C4\CC(=O)NC4O)n3n2)c1. The number of anilines is 2. The molecule has 1 atom stereocenters. The van der Waals surface area contributed by atoms with Crippen LogP contribution in [0.2, 0.25) is 0 Å². The van der Waals surface area contributed by atoms with Gasteiger partial charge in [0, 0.05) is 17.3 Å². The van der Waals surface area contributed by atoms with E-state index in [1.165, 1.54) is 0 Å². The second-order valence-corrected chi connectivity index (χ2v) is 9.85. The molecule has 2 fully saturated rings. The van der Waals surface area contributed by atoms with Gasteiger partial charge in [-0.15, -0.1) is 0 Å². The van der Waals surface area contributed by atoms with Crippen LogP contribution in [-0.2, 0) is 14.8 Å². The molecule has 11 heteroatoms. The molecule has 1 amide bonds. The van der Waals surface area contributed by atoms with E-state index in [4.69, 9.17) is 5.10 Å². The molecule has 0 radical (unpaired) electrons. The lowest BCUT2D eigenvalue weighted by molar-refractivity contribution is -0.120. The Morgan fingerprint density at radius 3 is 2.78 bits per heavy atom. The van der Waals surface area contributed by atoms with Gasteiger partial charge in [-0.25, -0.2) is 17.9 Å². The minimum atomic E-state index is -3.41. The van der Waals surface area contributed by atoms with E-state index >= 15 is 0 Å². The average molecular weight is 455 g/mol. The topological polar surface area (TPSA) is 138 Å². The van der Waals surface area contributed by atoms with Gasteiger partial charge >= 0.3 is 0 Å². The van der Waals surface area contributed by atoms with Gasteiger partial charge in [-0.2, -0.15) is 5.10 Å². The van der Waals surface area contributed by atoms with Crippen LogP contribution in [0.1, 0.15) is 25.0 Å². The summed E-state index contributed by atoms with van der Waals surface area (Å²) < 4.78 is 27.4. The summed E-state index contributed by atoms with van der Waals surface area (Å²) in [5.41, 5.74) is 4.39. The van der Waals surface area contributed by atoms with Crippen molar-refractivity contribution in [2.45, 2.75) is 31.5 Å². The molecule has 4 N–H and O–H groups in total. The maximum absolute atomic E-state index is 11.6. The highest BCUT2D eigenvalue weighted by Crippen LogP contribution is 2.31. The first-order valence-corrected chi connectivity index (χ1v) is 12.1. The molecule has 1 saturated heterocycles. The molecule has 1 aliphatic carbocycles. The number of imidazole rings is 1. The summed E-state index contributed by atoms with van der Waals surface area (Å²) in [6, 6.07) is 9.27. The second kappa shape index (κ2) is 7.61. The zero-order chi connectivity index (χ0) is 22.5. The van der Waals surface area contributed by atoms with Gasteiger partial charge in [-0.05, 0) is 42.7 Å². The van der Waals surface area contributed by atoms with Crippen LogP contribution in [0, 0.1) is 0 Å². The smallest absolute Gasteiger partial charge is 0.229 e. The number of aliphatic hydroxyl groups excluding tert-OH is 1. The van der Waals surface area contributed by atoms with E-state index in [0.717, 1.165) is 30.3 Å². The van der Waals surface area contributed by atoms with Gasteiger partial charge in [-0.1, -0.05) is 12.1 Å². The Balaban J connectivity index is 1.61. The first-order chi connectivity index (χ1) is 15.2. The Morgan fingerprint density at radius 2 is 2.09 bits per heavy atom. The molecule has 1 unspecified atom stereocenters. The van der Waals surface area contributed by atoms with E-state index in [1.807, 2.05) is 12.1 Å². The van der Waals surface area contributed by atoms with Crippen molar-refractivity contribution in [3.8, 4) is 11.3 Å². The number of fused-ring (bicyclic) bond motifs is 1. The van der Waals surface area contributed by atoms with Crippen molar-refractivity contribution < 1.29 is 18.3 Å². The minimum Gasteiger partial charge on any atom is -0.379 e.